The first kappa shape index (κ1) is 15.5. The Morgan fingerprint density at radius 3 is 2.33 bits per heavy atom. The van der Waals surface area contributed by atoms with Crippen LogP contribution < -0.4 is 0 Å². The van der Waals surface area contributed by atoms with Crippen molar-refractivity contribution in [3.05, 3.63) is 35.9 Å². The van der Waals surface area contributed by atoms with Gasteiger partial charge in [-0.2, -0.15) is 0 Å². The number of aliphatic carboxylic acids is 1. The van der Waals surface area contributed by atoms with Gasteiger partial charge in [0, 0.05) is 19.5 Å². The lowest BCUT2D eigenvalue weighted by molar-refractivity contribution is -0.153. The molecule has 0 radical (unpaired) electrons. The Labute approximate surface area is 125 Å². The molecule has 21 heavy (non-hydrogen) atoms. The van der Waals surface area contributed by atoms with Crippen LogP contribution >= 0.6 is 0 Å². The van der Waals surface area contributed by atoms with Gasteiger partial charge < -0.3 is 10.0 Å². The standard InChI is InChI=1S/C17H23NO3/c1-2-18(13-14-8-4-3-5-9-14)15(19)12-17(16(20)21)10-6-7-11-17/h3-5,8-9H,2,6-7,10-13H2,1H3,(H,20,21). The van der Waals surface area contributed by atoms with E-state index in [4.69, 9.17) is 0 Å². The van der Waals surface area contributed by atoms with Crippen LogP contribution in [0.25, 0.3) is 0 Å². The van der Waals surface area contributed by atoms with Gasteiger partial charge in [-0.05, 0) is 25.3 Å². The quantitative estimate of drug-likeness (QED) is 0.875. The third-order valence-electron chi connectivity index (χ3n) is 4.45. The van der Waals surface area contributed by atoms with Crippen molar-refractivity contribution in [2.45, 2.75) is 45.6 Å². The molecule has 0 aromatic heterocycles. The van der Waals surface area contributed by atoms with Crippen molar-refractivity contribution in [3.8, 4) is 0 Å². The van der Waals surface area contributed by atoms with Gasteiger partial charge in [0.1, 0.15) is 0 Å². The lowest BCUT2D eigenvalue weighted by Crippen LogP contribution is -2.38. The van der Waals surface area contributed by atoms with E-state index in [1.54, 1.807) is 4.90 Å². The van der Waals surface area contributed by atoms with E-state index in [0.29, 0.717) is 25.9 Å². The summed E-state index contributed by atoms with van der Waals surface area (Å²) in [5, 5.41) is 9.49. The zero-order valence-corrected chi connectivity index (χ0v) is 12.5. The third kappa shape index (κ3) is 3.63. The topological polar surface area (TPSA) is 57.6 Å². The molecule has 1 N–H and O–H groups in total. The summed E-state index contributed by atoms with van der Waals surface area (Å²) in [6, 6.07) is 9.81. The number of rotatable bonds is 6. The summed E-state index contributed by atoms with van der Waals surface area (Å²) in [7, 11) is 0. The Hall–Kier alpha value is -1.84. The molecule has 1 amide bonds. The number of hydrogen-bond acceptors (Lipinski definition) is 2. The molecule has 1 aliphatic rings. The molecule has 114 valence electrons. The summed E-state index contributed by atoms with van der Waals surface area (Å²) in [5.74, 6) is -0.866. The molecule has 1 aromatic carbocycles. The summed E-state index contributed by atoms with van der Waals surface area (Å²) in [6.45, 7) is 3.08. The van der Waals surface area contributed by atoms with Crippen molar-refractivity contribution in [2.24, 2.45) is 5.41 Å². The molecule has 1 saturated carbocycles. The highest BCUT2D eigenvalue weighted by atomic mass is 16.4. The summed E-state index contributed by atoms with van der Waals surface area (Å²) in [4.78, 5) is 25.8. The second kappa shape index (κ2) is 6.74. The van der Waals surface area contributed by atoms with Gasteiger partial charge in [0.05, 0.1) is 5.41 Å². The van der Waals surface area contributed by atoms with E-state index in [-0.39, 0.29) is 12.3 Å². The molecule has 0 aliphatic heterocycles. The fraction of sp³-hybridized carbons (Fsp3) is 0.529. The number of carboxylic acid groups (broad SMARTS) is 1. The smallest absolute Gasteiger partial charge is 0.310 e. The molecule has 1 aliphatic carbocycles. The second-order valence-electron chi connectivity index (χ2n) is 5.86. The fourth-order valence-corrected chi connectivity index (χ4v) is 3.10. The minimum atomic E-state index is -0.832. The van der Waals surface area contributed by atoms with Crippen LogP contribution in [0.2, 0.25) is 0 Å². The first-order valence-corrected chi connectivity index (χ1v) is 7.62. The summed E-state index contributed by atoms with van der Waals surface area (Å²) in [5.41, 5.74) is 0.241. The van der Waals surface area contributed by atoms with E-state index in [1.165, 1.54) is 0 Å². The molecular weight excluding hydrogens is 266 g/mol. The number of hydrogen-bond donors (Lipinski definition) is 1. The summed E-state index contributed by atoms with van der Waals surface area (Å²) < 4.78 is 0. The van der Waals surface area contributed by atoms with Gasteiger partial charge in [0.15, 0.2) is 0 Å². The highest BCUT2D eigenvalue weighted by Crippen LogP contribution is 2.41. The Morgan fingerprint density at radius 2 is 1.81 bits per heavy atom. The highest BCUT2D eigenvalue weighted by Gasteiger charge is 2.43. The van der Waals surface area contributed by atoms with E-state index in [9.17, 15) is 14.7 Å². The van der Waals surface area contributed by atoms with Crippen LogP contribution in [0.15, 0.2) is 30.3 Å². The molecule has 0 saturated heterocycles. The van der Waals surface area contributed by atoms with E-state index < -0.39 is 11.4 Å². The SMILES string of the molecule is CCN(Cc1ccccc1)C(=O)CC1(C(=O)O)CCCC1. The zero-order valence-electron chi connectivity index (χ0n) is 12.5. The monoisotopic (exact) mass is 289 g/mol. The van der Waals surface area contributed by atoms with Crippen molar-refractivity contribution in [1.82, 2.24) is 4.90 Å². The maximum atomic E-state index is 12.5. The molecule has 0 bridgehead atoms. The zero-order chi connectivity index (χ0) is 15.3. The van der Waals surface area contributed by atoms with Gasteiger partial charge in [0.2, 0.25) is 5.91 Å². The Balaban J connectivity index is 2.04. The van der Waals surface area contributed by atoms with Crippen molar-refractivity contribution < 1.29 is 14.7 Å². The van der Waals surface area contributed by atoms with Crippen LogP contribution in [0.5, 0.6) is 0 Å². The van der Waals surface area contributed by atoms with Crippen LogP contribution in [-0.4, -0.2) is 28.4 Å². The van der Waals surface area contributed by atoms with Crippen LogP contribution in [0, 0.1) is 5.41 Å². The molecule has 0 heterocycles. The van der Waals surface area contributed by atoms with E-state index >= 15 is 0 Å². The van der Waals surface area contributed by atoms with E-state index in [2.05, 4.69) is 0 Å². The molecule has 1 aromatic rings. The molecule has 2 rings (SSSR count). The van der Waals surface area contributed by atoms with Gasteiger partial charge in [-0.25, -0.2) is 0 Å². The predicted molar refractivity (Wildman–Crippen MR) is 80.7 cm³/mol. The minimum absolute atomic E-state index is 0.0503. The van der Waals surface area contributed by atoms with Gasteiger partial charge in [-0.15, -0.1) is 0 Å². The fourth-order valence-electron chi connectivity index (χ4n) is 3.10. The molecule has 4 nitrogen and oxygen atoms in total. The Morgan fingerprint density at radius 1 is 1.19 bits per heavy atom. The first-order valence-electron chi connectivity index (χ1n) is 7.62. The number of nitrogens with zero attached hydrogens (tertiary/aromatic N) is 1. The maximum Gasteiger partial charge on any atom is 0.310 e. The summed E-state index contributed by atoms with van der Waals surface area (Å²) in [6.07, 6.45) is 3.19. The molecule has 0 atom stereocenters. The van der Waals surface area contributed by atoms with E-state index in [0.717, 1.165) is 18.4 Å². The Bertz CT molecular complexity index is 492. The lowest BCUT2D eigenvalue weighted by Gasteiger charge is -2.28. The summed E-state index contributed by atoms with van der Waals surface area (Å²) >= 11 is 0. The van der Waals surface area contributed by atoms with Crippen LogP contribution in [0.4, 0.5) is 0 Å². The van der Waals surface area contributed by atoms with Crippen molar-refractivity contribution in [3.63, 3.8) is 0 Å². The predicted octanol–water partition coefficient (Wildman–Crippen LogP) is 3.07. The van der Waals surface area contributed by atoms with Gasteiger partial charge in [-0.1, -0.05) is 43.2 Å². The van der Waals surface area contributed by atoms with Gasteiger partial charge in [0.25, 0.3) is 0 Å². The second-order valence-corrected chi connectivity index (χ2v) is 5.86. The number of benzene rings is 1. The molecule has 4 heteroatoms. The van der Waals surface area contributed by atoms with Gasteiger partial charge in [-0.3, -0.25) is 9.59 Å². The van der Waals surface area contributed by atoms with Crippen LogP contribution in [-0.2, 0) is 16.1 Å². The molecule has 1 fully saturated rings. The maximum absolute atomic E-state index is 12.5. The molecular formula is C17H23NO3. The van der Waals surface area contributed by atoms with E-state index in [1.807, 2.05) is 37.3 Å². The van der Waals surface area contributed by atoms with Crippen molar-refractivity contribution >= 4 is 11.9 Å². The molecule has 0 spiro atoms. The third-order valence-corrected chi connectivity index (χ3v) is 4.45. The van der Waals surface area contributed by atoms with Crippen LogP contribution in [0.3, 0.4) is 0 Å². The highest BCUT2D eigenvalue weighted by molar-refractivity contribution is 5.85. The average molecular weight is 289 g/mol. The lowest BCUT2D eigenvalue weighted by atomic mass is 9.82. The largest absolute Gasteiger partial charge is 0.481 e. The number of amides is 1. The first-order chi connectivity index (χ1) is 10.1. The minimum Gasteiger partial charge on any atom is -0.481 e. The number of carbonyl (C=O) groups excluding carboxylic acids is 1. The van der Waals surface area contributed by atoms with Crippen molar-refractivity contribution in [2.75, 3.05) is 6.54 Å². The van der Waals surface area contributed by atoms with Crippen LogP contribution in [0.1, 0.15) is 44.6 Å². The number of carbonyl (C=O) groups is 2. The van der Waals surface area contributed by atoms with Crippen molar-refractivity contribution in [1.29, 1.82) is 0 Å². The average Bonchev–Trinajstić information content (AvgIpc) is 2.95. The number of carboxylic acids is 1. The Kier molecular flexibility index (Phi) is 4.99. The normalized spacial score (nSPS) is 16.6. The molecule has 0 unspecified atom stereocenters. The van der Waals surface area contributed by atoms with Gasteiger partial charge >= 0.3 is 5.97 Å².